The second-order valence-electron chi connectivity index (χ2n) is 5.88. The van der Waals surface area contributed by atoms with Crippen molar-refractivity contribution in [2.75, 3.05) is 13.1 Å². The van der Waals surface area contributed by atoms with Crippen LogP contribution in [0.5, 0.6) is 0 Å². The molecule has 0 aliphatic carbocycles. The number of amides is 1. The summed E-state index contributed by atoms with van der Waals surface area (Å²) in [5.74, 6) is 0.790. The molecule has 7 heteroatoms. The van der Waals surface area contributed by atoms with Gasteiger partial charge in [0.25, 0.3) is 5.91 Å². The van der Waals surface area contributed by atoms with E-state index >= 15 is 0 Å². The Labute approximate surface area is 174 Å². The van der Waals surface area contributed by atoms with Crippen LogP contribution in [-0.2, 0) is 5.75 Å². The van der Waals surface area contributed by atoms with Gasteiger partial charge in [-0.25, -0.2) is 0 Å². The third kappa shape index (κ3) is 5.42. The van der Waals surface area contributed by atoms with Gasteiger partial charge in [-0.15, -0.1) is 24.2 Å². The smallest absolute Gasteiger partial charge is 0.287 e. The number of nitrogens with two attached hydrogens (primary N) is 1. The van der Waals surface area contributed by atoms with E-state index in [1.54, 1.807) is 11.8 Å². The average Bonchev–Trinajstić information content (AvgIpc) is 3.03. The number of halogens is 2. The number of rotatable bonds is 8. The van der Waals surface area contributed by atoms with Gasteiger partial charge in [-0.1, -0.05) is 41.9 Å². The first-order valence-electron chi connectivity index (χ1n) is 8.56. The first kappa shape index (κ1) is 21.6. The van der Waals surface area contributed by atoms with Crippen molar-refractivity contribution in [3.8, 4) is 0 Å². The number of hydrogen-bond donors (Lipinski definition) is 2. The van der Waals surface area contributed by atoms with Gasteiger partial charge in [0.2, 0.25) is 0 Å². The van der Waals surface area contributed by atoms with Crippen molar-refractivity contribution in [2.45, 2.75) is 23.5 Å². The molecule has 0 saturated heterocycles. The number of unbranched alkanes of at least 4 members (excludes halogenated alkanes) is 1. The summed E-state index contributed by atoms with van der Waals surface area (Å²) in [6.45, 7) is 1.21. The molecule has 2 aromatic carbocycles. The van der Waals surface area contributed by atoms with Crippen molar-refractivity contribution in [3.05, 3.63) is 64.9 Å². The predicted molar refractivity (Wildman–Crippen MR) is 115 cm³/mol. The monoisotopic (exact) mass is 424 g/mol. The lowest BCUT2D eigenvalue weighted by Gasteiger charge is -2.06. The Morgan fingerprint density at radius 1 is 1.11 bits per heavy atom. The van der Waals surface area contributed by atoms with Crippen LogP contribution in [0.2, 0.25) is 5.02 Å². The highest BCUT2D eigenvalue weighted by molar-refractivity contribution is 7.98. The molecule has 3 rings (SSSR count). The van der Waals surface area contributed by atoms with Crippen molar-refractivity contribution in [1.82, 2.24) is 5.32 Å². The second kappa shape index (κ2) is 10.6. The lowest BCUT2D eigenvalue weighted by atomic mass is 10.1. The van der Waals surface area contributed by atoms with E-state index in [1.165, 1.54) is 0 Å². The molecule has 0 spiro atoms. The van der Waals surface area contributed by atoms with Crippen LogP contribution in [-0.4, -0.2) is 19.0 Å². The van der Waals surface area contributed by atoms with Crippen molar-refractivity contribution in [3.63, 3.8) is 0 Å². The van der Waals surface area contributed by atoms with Crippen LogP contribution in [0.4, 0.5) is 0 Å². The van der Waals surface area contributed by atoms with E-state index in [9.17, 15) is 4.79 Å². The maximum Gasteiger partial charge on any atom is 0.287 e. The summed E-state index contributed by atoms with van der Waals surface area (Å²) in [5, 5.41) is 4.59. The molecule has 1 amide bonds. The number of hydrogen-bond acceptors (Lipinski definition) is 4. The summed E-state index contributed by atoms with van der Waals surface area (Å²) < 4.78 is 5.85. The Hall–Kier alpha value is -1.66. The standard InChI is InChI=1S/C20H21ClN2O2S.ClH/c21-16-8-2-4-10-18(16)26-13-15-14-7-1-3-9-17(14)25-19(15)20(24)23-12-6-5-11-22;/h1-4,7-10H,5-6,11-13,22H2,(H,23,24);1H. The Morgan fingerprint density at radius 2 is 1.85 bits per heavy atom. The van der Waals surface area contributed by atoms with Crippen molar-refractivity contribution in [2.24, 2.45) is 5.73 Å². The summed E-state index contributed by atoms with van der Waals surface area (Å²) >= 11 is 7.84. The van der Waals surface area contributed by atoms with E-state index in [2.05, 4.69) is 5.32 Å². The fourth-order valence-electron chi connectivity index (χ4n) is 2.69. The largest absolute Gasteiger partial charge is 0.451 e. The zero-order valence-corrected chi connectivity index (χ0v) is 17.1. The minimum absolute atomic E-state index is 0. The Bertz CT molecular complexity index is 899. The number of carbonyl (C=O) groups excluding carboxylic acids is 1. The molecule has 0 bridgehead atoms. The van der Waals surface area contributed by atoms with Gasteiger partial charge in [-0.2, -0.15) is 0 Å². The number of para-hydroxylation sites is 1. The molecule has 0 saturated carbocycles. The minimum atomic E-state index is -0.187. The highest BCUT2D eigenvalue weighted by Gasteiger charge is 2.20. The highest BCUT2D eigenvalue weighted by Crippen LogP contribution is 2.34. The van der Waals surface area contributed by atoms with Crippen LogP contribution < -0.4 is 11.1 Å². The number of nitrogens with one attached hydrogen (secondary N) is 1. The average molecular weight is 425 g/mol. The highest BCUT2D eigenvalue weighted by atomic mass is 35.5. The lowest BCUT2D eigenvalue weighted by molar-refractivity contribution is 0.0926. The summed E-state index contributed by atoms with van der Waals surface area (Å²) in [6.07, 6.45) is 1.74. The summed E-state index contributed by atoms with van der Waals surface area (Å²) in [4.78, 5) is 13.6. The van der Waals surface area contributed by atoms with E-state index in [0.29, 0.717) is 29.6 Å². The van der Waals surface area contributed by atoms with Crippen LogP contribution in [0.3, 0.4) is 0 Å². The maximum absolute atomic E-state index is 12.6. The van der Waals surface area contributed by atoms with Crippen LogP contribution in [0.25, 0.3) is 11.0 Å². The minimum Gasteiger partial charge on any atom is -0.451 e. The molecule has 0 atom stereocenters. The molecule has 0 aliphatic rings. The first-order chi connectivity index (χ1) is 12.7. The van der Waals surface area contributed by atoms with Gasteiger partial charge in [-0.3, -0.25) is 4.79 Å². The maximum atomic E-state index is 12.6. The van der Waals surface area contributed by atoms with Gasteiger partial charge in [0.15, 0.2) is 5.76 Å². The summed E-state index contributed by atoms with van der Waals surface area (Å²) in [6, 6.07) is 15.4. The molecule has 0 fully saturated rings. The van der Waals surface area contributed by atoms with Gasteiger partial charge in [0, 0.05) is 28.1 Å². The molecule has 144 valence electrons. The zero-order valence-electron chi connectivity index (χ0n) is 14.7. The molecule has 1 heterocycles. The molecular weight excluding hydrogens is 403 g/mol. The first-order valence-corrected chi connectivity index (χ1v) is 9.93. The fraction of sp³-hybridized carbons (Fsp3) is 0.250. The van der Waals surface area contributed by atoms with E-state index in [-0.39, 0.29) is 18.3 Å². The molecule has 0 radical (unpaired) electrons. The van der Waals surface area contributed by atoms with Crippen molar-refractivity contribution < 1.29 is 9.21 Å². The SMILES string of the molecule is Cl.NCCCCNC(=O)c1oc2ccccc2c1CSc1ccccc1Cl. The van der Waals surface area contributed by atoms with Gasteiger partial charge >= 0.3 is 0 Å². The Kier molecular flexibility index (Phi) is 8.51. The lowest BCUT2D eigenvalue weighted by Crippen LogP contribution is -2.25. The van der Waals surface area contributed by atoms with Gasteiger partial charge in [0.1, 0.15) is 5.58 Å². The van der Waals surface area contributed by atoms with Crippen LogP contribution in [0.1, 0.15) is 29.0 Å². The van der Waals surface area contributed by atoms with Crippen LogP contribution >= 0.6 is 35.8 Å². The number of furan rings is 1. The van der Waals surface area contributed by atoms with E-state index in [4.69, 9.17) is 21.8 Å². The quantitative estimate of drug-likeness (QED) is 0.381. The van der Waals surface area contributed by atoms with Crippen LogP contribution in [0.15, 0.2) is 57.8 Å². The third-order valence-corrected chi connectivity index (χ3v) is 5.57. The van der Waals surface area contributed by atoms with E-state index in [1.807, 2.05) is 48.5 Å². The molecule has 3 aromatic rings. The molecule has 27 heavy (non-hydrogen) atoms. The van der Waals surface area contributed by atoms with Crippen LogP contribution in [0, 0.1) is 0 Å². The fourth-order valence-corrected chi connectivity index (χ4v) is 3.96. The number of benzene rings is 2. The Balaban J connectivity index is 0.00000261. The number of fused-ring (bicyclic) bond motifs is 1. The number of carbonyl (C=O) groups is 1. The molecule has 4 nitrogen and oxygen atoms in total. The molecule has 3 N–H and O–H groups in total. The summed E-state index contributed by atoms with van der Waals surface area (Å²) in [7, 11) is 0. The molecular formula is C20H22Cl2N2O2S. The van der Waals surface area contributed by atoms with Crippen molar-refractivity contribution >= 4 is 52.6 Å². The zero-order chi connectivity index (χ0) is 18.4. The molecule has 0 aliphatic heterocycles. The number of thioether (sulfide) groups is 1. The van der Waals surface area contributed by atoms with Gasteiger partial charge in [0.05, 0.1) is 5.02 Å². The molecule has 0 unspecified atom stereocenters. The second-order valence-corrected chi connectivity index (χ2v) is 7.30. The van der Waals surface area contributed by atoms with Gasteiger partial charge in [-0.05, 0) is 37.6 Å². The van der Waals surface area contributed by atoms with E-state index in [0.717, 1.165) is 34.3 Å². The Morgan fingerprint density at radius 3 is 2.63 bits per heavy atom. The predicted octanol–water partition coefficient (Wildman–Crippen LogP) is 5.27. The summed E-state index contributed by atoms with van der Waals surface area (Å²) in [5.41, 5.74) is 7.10. The molecule has 1 aromatic heterocycles. The van der Waals surface area contributed by atoms with E-state index < -0.39 is 0 Å². The van der Waals surface area contributed by atoms with Gasteiger partial charge < -0.3 is 15.5 Å². The topological polar surface area (TPSA) is 68.3 Å². The third-order valence-electron chi connectivity index (χ3n) is 4.03. The normalized spacial score (nSPS) is 10.6. The van der Waals surface area contributed by atoms with Crippen molar-refractivity contribution in [1.29, 1.82) is 0 Å².